The number of fused-ring (bicyclic) bond motifs is 3. The lowest BCUT2D eigenvalue weighted by Gasteiger charge is -2.30. The monoisotopic (exact) mass is 537 g/mol. The van der Waals surface area contributed by atoms with E-state index in [2.05, 4.69) is 33.6 Å². The Bertz CT molecular complexity index is 1400. The predicted molar refractivity (Wildman–Crippen MR) is 150 cm³/mol. The second kappa shape index (κ2) is 11.6. The van der Waals surface area contributed by atoms with Crippen molar-refractivity contribution in [1.29, 1.82) is 0 Å². The van der Waals surface area contributed by atoms with Crippen molar-refractivity contribution in [3.05, 3.63) is 95.6 Å². The van der Waals surface area contributed by atoms with E-state index in [4.69, 9.17) is 11.2 Å². The summed E-state index contributed by atoms with van der Waals surface area (Å²) in [5, 5.41) is 14.9. The van der Waals surface area contributed by atoms with Crippen LogP contribution in [0.1, 0.15) is 35.4 Å². The number of rotatable bonds is 9. The van der Waals surface area contributed by atoms with Crippen LogP contribution in [0, 0.1) is 12.3 Å². The highest BCUT2D eigenvalue weighted by Crippen LogP contribution is 2.44. The Morgan fingerprint density at radius 3 is 2.25 bits per heavy atom. The molecule has 1 saturated heterocycles. The van der Waals surface area contributed by atoms with Crippen LogP contribution in [0.25, 0.3) is 11.1 Å². The minimum atomic E-state index is -1.38. The first-order valence-corrected chi connectivity index (χ1v) is 13.3. The fraction of sp³-hybridized carbons (Fsp3) is 0.281. The molecule has 2 unspecified atom stereocenters. The average molecular weight is 538 g/mol. The second-order valence-corrected chi connectivity index (χ2v) is 10.3. The normalized spacial score (nSPS) is 18.7. The molecule has 204 valence electrons. The number of carboxylic acids is 1. The van der Waals surface area contributed by atoms with E-state index in [-0.39, 0.29) is 31.9 Å². The minimum Gasteiger partial charge on any atom is -0.480 e. The Hall–Kier alpha value is -4.61. The molecule has 1 aliphatic heterocycles. The van der Waals surface area contributed by atoms with Gasteiger partial charge in [-0.1, -0.05) is 78.9 Å². The summed E-state index contributed by atoms with van der Waals surface area (Å²) in [5.41, 5.74) is 4.08. The van der Waals surface area contributed by atoms with E-state index < -0.39 is 29.6 Å². The molecule has 0 saturated carbocycles. The summed E-state index contributed by atoms with van der Waals surface area (Å²) in [7, 11) is 0. The number of ether oxygens (including phenoxy) is 1. The molecule has 0 bridgehead atoms. The molecule has 0 aromatic heterocycles. The van der Waals surface area contributed by atoms with Crippen molar-refractivity contribution in [2.24, 2.45) is 0 Å². The van der Waals surface area contributed by atoms with Crippen molar-refractivity contribution in [3.8, 4) is 23.5 Å². The molecule has 3 aromatic carbocycles. The fourth-order valence-corrected chi connectivity index (χ4v) is 5.65. The maximum atomic E-state index is 13.5. The van der Waals surface area contributed by atoms with Crippen molar-refractivity contribution in [3.63, 3.8) is 0 Å². The number of hydrogen-bond acceptors (Lipinski definition) is 5. The molecule has 1 heterocycles. The summed E-state index contributed by atoms with van der Waals surface area (Å²) in [4.78, 5) is 40.5. The van der Waals surface area contributed by atoms with Gasteiger partial charge in [0.2, 0.25) is 5.91 Å². The molecule has 8 heteroatoms. The summed E-state index contributed by atoms with van der Waals surface area (Å²) in [6, 6.07) is 24.6. The number of benzene rings is 3. The molecule has 5 rings (SSSR count). The van der Waals surface area contributed by atoms with Crippen LogP contribution in [0.3, 0.4) is 0 Å². The number of carboxylic acid groups (broad SMARTS) is 1. The van der Waals surface area contributed by atoms with Crippen LogP contribution in [0.4, 0.5) is 4.79 Å². The van der Waals surface area contributed by atoms with Gasteiger partial charge in [-0.15, -0.1) is 12.3 Å². The minimum absolute atomic E-state index is 0.0974. The molecular weight excluding hydrogens is 506 g/mol. The van der Waals surface area contributed by atoms with Gasteiger partial charge < -0.3 is 20.5 Å². The van der Waals surface area contributed by atoms with Crippen LogP contribution in [0.15, 0.2) is 78.9 Å². The molecule has 0 spiro atoms. The first-order valence-electron chi connectivity index (χ1n) is 13.3. The van der Waals surface area contributed by atoms with Crippen molar-refractivity contribution in [1.82, 2.24) is 15.5 Å². The second-order valence-electron chi connectivity index (χ2n) is 10.3. The van der Waals surface area contributed by atoms with Crippen LogP contribution in [0.2, 0.25) is 0 Å². The van der Waals surface area contributed by atoms with E-state index in [0.29, 0.717) is 13.1 Å². The number of carbonyl (C=O) groups is 3. The molecular formula is C32H31N3O5. The summed E-state index contributed by atoms with van der Waals surface area (Å²) in [6.45, 7) is 1.40. The molecule has 1 aliphatic carbocycles. The van der Waals surface area contributed by atoms with Crippen LogP contribution in [-0.2, 0) is 20.9 Å². The van der Waals surface area contributed by atoms with Gasteiger partial charge in [0.1, 0.15) is 18.2 Å². The van der Waals surface area contributed by atoms with Gasteiger partial charge in [0.15, 0.2) is 0 Å². The topological polar surface area (TPSA) is 108 Å². The lowest BCUT2D eigenvalue weighted by atomic mass is 9.96. The Kier molecular flexibility index (Phi) is 7.85. The van der Waals surface area contributed by atoms with Crippen molar-refractivity contribution >= 4 is 18.0 Å². The summed E-state index contributed by atoms with van der Waals surface area (Å²) in [5.74, 6) is 0.326. The Morgan fingerprint density at radius 2 is 1.62 bits per heavy atom. The molecule has 3 N–H and O–H groups in total. The summed E-state index contributed by atoms with van der Waals surface area (Å²) < 4.78 is 5.73. The van der Waals surface area contributed by atoms with Gasteiger partial charge in [0, 0.05) is 32.0 Å². The molecule has 2 atom stereocenters. The largest absolute Gasteiger partial charge is 0.480 e. The van der Waals surface area contributed by atoms with E-state index in [1.54, 1.807) is 0 Å². The van der Waals surface area contributed by atoms with Crippen molar-refractivity contribution in [2.75, 3.05) is 19.7 Å². The number of likely N-dealkylation sites (tertiary alicyclic amines) is 1. The third-order valence-corrected chi connectivity index (χ3v) is 7.64. The number of alkyl carbamates (subject to hydrolysis) is 1. The molecule has 1 fully saturated rings. The lowest BCUT2D eigenvalue weighted by Crippen LogP contribution is -2.62. The van der Waals surface area contributed by atoms with Crippen LogP contribution in [0.5, 0.6) is 0 Å². The Balaban J connectivity index is 1.32. The van der Waals surface area contributed by atoms with E-state index in [1.165, 1.54) is 0 Å². The third-order valence-electron chi connectivity index (χ3n) is 7.64. The molecule has 2 amide bonds. The van der Waals surface area contributed by atoms with Crippen LogP contribution >= 0.6 is 0 Å². The number of terminal acetylenes is 1. The average Bonchev–Trinajstić information content (AvgIpc) is 3.51. The lowest BCUT2D eigenvalue weighted by molar-refractivity contribution is -0.142. The first kappa shape index (κ1) is 27.0. The van der Waals surface area contributed by atoms with E-state index in [0.717, 1.165) is 27.8 Å². The number of nitrogens with zero attached hydrogens (tertiary/aromatic N) is 1. The molecule has 40 heavy (non-hydrogen) atoms. The standard InChI is InChI=1S/C32H31N3O5/c1-2-10-28(29(36)37)33-30(38)32(17-18-35(21-32)19-22-11-4-3-5-12-22)34-31(39)40-20-27-25-15-8-6-13-23(25)24-14-7-9-16-26(24)27/h1,3-9,11-16,27-28H,10,17-21H2,(H,33,38)(H,34,39)(H,36,37). The molecule has 2 aliphatic rings. The Labute approximate surface area is 233 Å². The van der Waals surface area contributed by atoms with Gasteiger partial charge in [0.05, 0.1) is 0 Å². The van der Waals surface area contributed by atoms with Gasteiger partial charge in [0.25, 0.3) is 0 Å². The van der Waals surface area contributed by atoms with E-state index in [9.17, 15) is 19.5 Å². The highest BCUT2D eigenvalue weighted by Gasteiger charge is 2.47. The number of nitrogens with one attached hydrogen (secondary N) is 2. The molecule has 0 radical (unpaired) electrons. The number of amides is 2. The first-order chi connectivity index (χ1) is 19.4. The summed E-state index contributed by atoms with van der Waals surface area (Å²) in [6.07, 6.45) is 4.71. The predicted octanol–water partition coefficient (Wildman–Crippen LogP) is 3.76. The smallest absolute Gasteiger partial charge is 0.408 e. The molecule has 8 nitrogen and oxygen atoms in total. The highest BCUT2D eigenvalue weighted by atomic mass is 16.5. The maximum absolute atomic E-state index is 13.5. The van der Waals surface area contributed by atoms with Crippen LogP contribution in [-0.4, -0.2) is 59.3 Å². The van der Waals surface area contributed by atoms with Crippen LogP contribution < -0.4 is 10.6 Å². The zero-order chi connectivity index (χ0) is 28.1. The molecule has 3 aromatic rings. The van der Waals surface area contributed by atoms with Gasteiger partial charge in [-0.25, -0.2) is 9.59 Å². The zero-order valence-corrected chi connectivity index (χ0v) is 22.0. The van der Waals surface area contributed by atoms with Gasteiger partial charge in [-0.3, -0.25) is 9.69 Å². The zero-order valence-electron chi connectivity index (χ0n) is 22.0. The third kappa shape index (κ3) is 5.56. The number of aliphatic carboxylic acids is 1. The quantitative estimate of drug-likeness (QED) is 0.359. The van der Waals surface area contributed by atoms with Crippen molar-refractivity contribution in [2.45, 2.75) is 36.9 Å². The van der Waals surface area contributed by atoms with E-state index in [1.807, 2.05) is 66.7 Å². The maximum Gasteiger partial charge on any atom is 0.408 e. The highest BCUT2D eigenvalue weighted by molar-refractivity contribution is 5.93. The SMILES string of the molecule is C#CCC(NC(=O)C1(NC(=O)OCC2c3ccccc3-c3ccccc32)CCN(Cc2ccccc2)C1)C(=O)O. The number of hydrogen-bond donors (Lipinski definition) is 3. The van der Waals surface area contributed by atoms with Gasteiger partial charge >= 0.3 is 12.1 Å². The summed E-state index contributed by atoms with van der Waals surface area (Å²) >= 11 is 0. The Morgan fingerprint density at radius 1 is 1.00 bits per heavy atom. The number of carbonyl (C=O) groups excluding carboxylic acids is 2. The van der Waals surface area contributed by atoms with Crippen molar-refractivity contribution < 1.29 is 24.2 Å². The fourth-order valence-electron chi connectivity index (χ4n) is 5.65. The van der Waals surface area contributed by atoms with E-state index >= 15 is 0 Å². The van der Waals surface area contributed by atoms with Gasteiger partial charge in [-0.2, -0.15) is 0 Å². The van der Waals surface area contributed by atoms with Gasteiger partial charge in [-0.05, 0) is 34.2 Å².